The van der Waals surface area contributed by atoms with Crippen LogP contribution in [0.1, 0.15) is 23.7 Å². The zero-order valence-corrected chi connectivity index (χ0v) is 14.2. The number of anilines is 1. The van der Waals surface area contributed by atoms with Gasteiger partial charge in [-0.3, -0.25) is 4.98 Å². The monoisotopic (exact) mass is 319 g/mol. The van der Waals surface area contributed by atoms with E-state index in [1.165, 1.54) is 11.1 Å². The largest absolute Gasteiger partial charge is 0.350 e. The maximum atomic E-state index is 4.60. The molecule has 2 aromatic heterocycles. The fourth-order valence-corrected chi connectivity index (χ4v) is 2.65. The number of aryl methyl sites for hydroxylation is 2. The first kappa shape index (κ1) is 16.1. The van der Waals surface area contributed by atoms with Crippen LogP contribution in [0.25, 0.3) is 11.3 Å². The Hall–Kier alpha value is -2.82. The maximum absolute atomic E-state index is 4.60. The van der Waals surface area contributed by atoms with Gasteiger partial charge in [-0.05, 0) is 38.0 Å². The van der Waals surface area contributed by atoms with Gasteiger partial charge in [0.15, 0.2) is 0 Å². The van der Waals surface area contributed by atoms with E-state index >= 15 is 0 Å². The van der Waals surface area contributed by atoms with Crippen LogP contribution in [-0.2, 0) is 6.42 Å². The summed E-state index contributed by atoms with van der Waals surface area (Å²) in [6.07, 6.45) is 4.33. The number of benzene rings is 1. The van der Waals surface area contributed by atoms with Gasteiger partial charge in [-0.2, -0.15) is 5.10 Å². The summed E-state index contributed by atoms with van der Waals surface area (Å²) < 4.78 is 0. The van der Waals surface area contributed by atoms with Gasteiger partial charge in [0, 0.05) is 29.9 Å². The Bertz CT molecular complexity index is 831. The second-order valence-electron chi connectivity index (χ2n) is 6.00. The Kier molecular flexibility index (Phi) is 4.79. The van der Waals surface area contributed by atoms with Crippen molar-refractivity contribution in [2.45, 2.75) is 33.2 Å². The van der Waals surface area contributed by atoms with Crippen molar-refractivity contribution in [2.75, 3.05) is 5.32 Å². The van der Waals surface area contributed by atoms with E-state index in [0.29, 0.717) is 5.95 Å². The number of nitrogens with one attached hydrogen (secondary N) is 1. The molecule has 0 radical (unpaired) electrons. The lowest BCUT2D eigenvalue weighted by Gasteiger charge is -2.14. The minimum Gasteiger partial charge on any atom is -0.350 e. The number of hydrogen-bond acceptors (Lipinski definition) is 5. The van der Waals surface area contributed by atoms with E-state index in [1.54, 1.807) is 6.20 Å². The van der Waals surface area contributed by atoms with E-state index in [9.17, 15) is 0 Å². The third-order valence-corrected chi connectivity index (χ3v) is 3.97. The fourth-order valence-electron chi connectivity index (χ4n) is 2.65. The van der Waals surface area contributed by atoms with E-state index in [-0.39, 0.29) is 6.04 Å². The summed E-state index contributed by atoms with van der Waals surface area (Å²) in [7, 11) is 0. The molecule has 0 aliphatic rings. The van der Waals surface area contributed by atoms with Crippen LogP contribution < -0.4 is 5.32 Å². The lowest BCUT2D eigenvalue weighted by atomic mass is 10.1. The summed E-state index contributed by atoms with van der Waals surface area (Å²) in [5, 5.41) is 11.5. The molecule has 3 rings (SSSR count). The van der Waals surface area contributed by atoms with Crippen molar-refractivity contribution in [1.82, 2.24) is 20.2 Å². The van der Waals surface area contributed by atoms with Crippen molar-refractivity contribution in [3.8, 4) is 11.3 Å². The molecule has 0 spiro atoms. The molecule has 0 saturated carbocycles. The third-order valence-electron chi connectivity index (χ3n) is 3.97. The number of pyridine rings is 1. The number of aromatic nitrogens is 4. The first-order chi connectivity index (χ1) is 11.6. The minimum atomic E-state index is 0.160. The van der Waals surface area contributed by atoms with Crippen molar-refractivity contribution >= 4 is 5.95 Å². The Morgan fingerprint density at radius 2 is 1.83 bits per heavy atom. The van der Waals surface area contributed by atoms with E-state index in [2.05, 4.69) is 58.4 Å². The van der Waals surface area contributed by atoms with Crippen LogP contribution in [-0.4, -0.2) is 26.2 Å². The van der Waals surface area contributed by atoms with Crippen molar-refractivity contribution in [3.63, 3.8) is 0 Å². The van der Waals surface area contributed by atoms with Gasteiger partial charge in [-0.15, -0.1) is 5.10 Å². The smallest absolute Gasteiger partial charge is 0.243 e. The number of rotatable bonds is 5. The molecule has 122 valence electrons. The van der Waals surface area contributed by atoms with Gasteiger partial charge < -0.3 is 5.32 Å². The zero-order valence-electron chi connectivity index (χ0n) is 14.2. The lowest BCUT2D eigenvalue weighted by molar-refractivity contribution is 0.748. The molecule has 0 unspecified atom stereocenters. The summed E-state index contributed by atoms with van der Waals surface area (Å²) in [6.45, 7) is 6.24. The first-order valence-corrected chi connectivity index (χ1v) is 8.06. The Balaban J connectivity index is 1.75. The molecule has 0 aliphatic carbocycles. The van der Waals surface area contributed by atoms with E-state index in [4.69, 9.17) is 0 Å². The van der Waals surface area contributed by atoms with Crippen molar-refractivity contribution < 1.29 is 0 Å². The third kappa shape index (κ3) is 3.74. The maximum Gasteiger partial charge on any atom is 0.243 e. The average Bonchev–Trinajstić information content (AvgIpc) is 2.57. The molecular formula is C19H21N5. The topological polar surface area (TPSA) is 63.6 Å². The van der Waals surface area contributed by atoms with Crippen molar-refractivity contribution in [2.24, 2.45) is 0 Å². The quantitative estimate of drug-likeness (QED) is 0.778. The van der Waals surface area contributed by atoms with Crippen LogP contribution >= 0.6 is 0 Å². The van der Waals surface area contributed by atoms with Gasteiger partial charge in [0.2, 0.25) is 5.95 Å². The Morgan fingerprint density at radius 3 is 2.62 bits per heavy atom. The molecule has 0 fully saturated rings. The van der Waals surface area contributed by atoms with Crippen LogP contribution in [0.15, 0.2) is 48.8 Å². The molecular weight excluding hydrogens is 298 g/mol. The Morgan fingerprint density at radius 1 is 1.04 bits per heavy atom. The van der Waals surface area contributed by atoms with Gasteiger partial charge in [-0.25, -0.2) is 4.98 Å². The van der Waals surface area contributed by atoms with Crippen molar-refractivity contribution in [3.05, 3.63) is 65.6 Å². The van der Waals surface area contributed by atoms with E-state index in [1.807, 2.05) is 30.5 Å². The first-order valence-electron chi connectivity index (χ1n) is 8.06. The number of nitrogens with zero attached hydrogens (tertiary/aromatic N) is 4. The van der Waals surface area contributed by atoms with Gasteiger partial charge in [0.1, 0.15) is 0 Å². The summed E-state index contributed by atoms with van der Waals surface area (Å²) in [5.74, 6) is 0.539. The second-order valence-corrected chi connectivity index (χ2v) is 6.00. The van der Waals surface area contributed by atoms with Crippen LogP contribution in [0.4, 0.5) is 5.95 Å². The molecule has 1 atom stereocenters. The van der Waals surface area contributed by atoms with Crippen LogP contribution in [0.2, 0.25) is 0 Å². The molecule has 0 aliphatic heterocycles. The molecule has 24 heavy (non-hydrogen) atoms. The molecule has 0 saturated heterocycles. The van der Waals surface area contributed by atoms with Gasteiger partial charge in [0.25, 0.3) is 0 Å². The standard InChI is InChI=1S/C19H21N5/c1-13-7-4-5-9-16(13)18-12-21-24-19(23-18)22-15(3)11-17-14(2)8-6-10-20-17/h4-10,12,15H,11H2,1-3H3,(H,22,23,24)/t15-/m0/s1. The molecule has 1 aromatic carbocycles. The highest BCUT2D eigenvalue weighted by atomic mass is 15.2. The van der Waals surface area contributed by atoms with Crippen LogP contribution in [0, 0.1) is 13.8 Å². The predicted octanol–water partition coefficient (Wildman–Crippen LogP) is 3.59. The summed E-state index contributed by atoms with van der Waals surface area (Å²) in [5.41, 5.74) is 5.34. The van der Waals surface area contributed by atoms with Gasteiger partial charge in [0.05, 0.1) is 11.9 Å². The summed E-state index contributed by atoms with van der Waals surface area (Å²) >= 11 is 0. The van der Waals surface area contributed by atoms with Crippen LogP contribution in [0.3, 0.4) is 0 Å². The minimum absolute atomic E-state index is 0.160. The molecule has 0 bridgehead atoms. The zero-order chi connectivity index (χ0) is 16.9. The van der Waals surface area contributed by atoms with Gasteiger partial charge in [-0.1, -0.05) is 30.3 Å². The van der Waals surface area contributed by atoms with Gasteiger partial charge >= 0.3 is 0 Å². The van der Waals surface area contributed by atoms with Crippen molar-refractivity contribution in [1.29, 1.82) is 0 Å². The molecule has 0 amide bonds. The van der Waals surface area contributed by atoms with E-state index in [0.717, 1.165) is 23.4 Å². The predicted molar refractivity (Wildman–Crippen MR) is 95.8 cm³/mol. The SMILES string of the molecule is Cc1ccccc1-c1cnnc(N[C@@H](C)Cc2ncccc2C)n1. The second kappa shape index (κ2) is 7.17. The molecule has 2 heterocycles. The summed E-state index contributed by atoms with van der Waals surface area (Å²) in [6, 6.07) is 12.3. The summed E-state index contributed by atoms with van der Waals surface area (Å²) in [4.78, 5) is 9.04. The lowest BCUT2D eigenvalue weighted by Crippen LogP contribution is -2.21. The normalized spacial score (nSPS) is 12.0. The highest BCUT2D eigenvalue weighted by Gasteiger charge is 2.10. The highest BCUT2D eigenvalue weighted by Crippen LogP contribution is 2.21. The highest BCUT2D eigenvalue weighted by molar-refractivity contribution is 5.63. The number of hydrogen-bond donors (Lipinski definition) is 1. The average molecular weight is 319 g/mol. The molecule has 3 aromatic rings. The molecule has 5 nitrogen and oxygen atoms in total. The Labute approximate surface area is 142 Å². The molecule has 5 heteroatoms. The van der Waals surface area contributed by atoms with Crippen LogP contribution in [0.5, 0.6) is 0 Å². The van der Waals surface area contributed by atoms with E-state index < -0.39 is 0 Å². The fraction of sp³-hybridized carbons (Fsp3) is 0.263. The molecule has 1 N–H and O–H groups in total.